The molecule has 1 unspecified atom stereocenters. The van der Waals surface area contributed by atoms with Crippen LogP contribution >= 0.6 is 11.3 Å². The van der Waals surface area contributed by atoms with Gasteiger partial charge < -0.3 is 10.6 Å². The molecule has 1 aromatic heterocycles. The fourth-order valence-corrected chi connectivity index (χ4v) is 2.86. The smallest absolute Gasteiger partial charge is 0.0455 e. The molecule has 0 saturated heterocycles. The van der Waals surface area contributed by atoms with Crippen molar-refractivity contribution in [2.45, 2.75) is 38.8 Å². The Kier molecular flexibility index (Phi) is 3.93. The Labute approximate surface area is 97.1 Å². The minimum atomic E-state index is -0.120. The molecular formula is C12H22N2S. The predicted octanol–water partition coefficient (Wildman–Crippen LogP) is 2.79. The van der Waals surface area contributed by atoms with Crippen molar-refractivity contribution >= 4 is 11.3 Å². The summed E-state index contributed by atoms with van der Waals surface area (Å²) in [7, 11) is 4.24. The van der Waals surface area contributed by atoms with E-state index in [1.807, 2.05) is 11.3 Å². The molecule has 15 heavy (non-hydrogen) atoms. The Morgan fingerprint density at radius 1 is 1.47 bits per heavy atom. The molecule has 0 aliphatic rings. The maximum atomic E-state index is 6.11. The van der Waals surface area contributed by atoms with Crippen LogP contribution in [0.4, 0.5) is 0 Å². The minimum absolute atomic E-state index is 0.120. The second kappa shape index (κ2) is 4.64. The molecule has 0 aliphatic heterocycles. The summed E-state index contributed by atoms with van der Waals surface area (Å²) in [6.07, 6.45) is 0.987. The summed E-state index contributed by atoms with van der Waals surface area (Å²) in [6, 6.07) is 2.62. The zero-order valence-corrected chi connectivity index (χ0v) is 11.2. The highest BCUT2D eigenvalue weighted by atomic mass is 32.1. The molecule has 2 nitrogen and oxygen atoms in total. The largest absolute Gasteiger partial charge is 0.325 e. The number of rotatable bonds is 4. The van der Waals surface area contributed by atoms with E-state index in [4.69, 9.17) is 5.73 Å². The second-order valence-corrected chi connectivity index (χ2v) is 6.09. The van der Waals surface area contributed by atoms with Crippen LogP contribution in [-0.4, -0.2) is 24.5 Å². The molecule has 2 N–H and O–H groups in total. The fraction of sp³-hybridized carbons (Fsp3) is 0.667. The SMILES string of the molecule is Cc1ccsc1C(CC(C)(C)N)N(C)C. The first-order chi connectivity index (χ1) is 6.81. The van der Waals surface area contributed by atoms with Crippen LogP contribution in [0.3, 0.4) is 0 Å². The van der Waals surface area contributed by atoms with Crippen molar-refractivity contribution in [3.05, 3.63) is 21.9 Å². The summed E-state index contributed by atoms with van der Waals surface area (Å²) in [5.41, 5.74) is 7.37. The number of hydrogen-bond donors (Lipinski definition) is 1. The van der Waals surface area contributed by atoms with Crippen LogP contribution in [0.15, 0.2) is 11.4 Å². The molecule has 86 valence electrons. The van der Waals surface area contributed by atoms with E-state index in [9.17, 15) is 0 Å². The Bertz CT molecular complexity index is 310. The number of hydrogen-bond acceptors (Lipinski definition) is 3. The maximum Gasteiger partial charge on any atom is 0.0455 e. The van der Waals surface area contributed by atoms with E-state index in [1.54, 1.807) is 0 Å². The van der Waals surface area contributed by atoms with Gasteiger partial charge in [0.25, 0.3) is 0 Å². The molecule has 3 heteroatoms. The van der Waals surface area contributed by atoms with Crippen molar-refractivity contribution in [3.8, 4) is 0 Å². The van der Waals surface area contributed by atoms with Gasteiger partial charge in [-0.05, 0) is 58.3 Å². The van der Waals surface area contributed by atoms with E-state index >= 15 is 0 Å². The molecule has 0 bridgehead atoms. The first-order valence-corrected chi connectivity index (χ1v) is 6.18. The quantitative estimate of drug-likeness (QED) is 0.855. The second-order valence-electron chi connectivity index (χ2n) is 5.14. The lowest BCUT2D eigenvalue weighted by molar-refractivity contribution is 0.246. The Morgan fingerprint density at radius 3 is 2.40 bits per heavy atom. The van der Waals surface area contributed by atoms with Gasteiger partial charge in [0.2, 0.25) is 0 Å². The van der Waals surface area contributed by atoms with Crippen molar-refractivity contribution in [2.75, 3.05) is 14.1 Å². The highest BCUT2D eigenvalue weighted by molar-refractivity contribution is 7.10. The molecule has 0 spiro atoms. The Hall–Kier alpha value is -0.380. The van der Waals surface area contributed by atoms with Crippen LogP contribution in [0.1, 0.15) is 36.8 Å². The monoisotopic (exact) mass is 226 g/mol. The third-order valence-corrected chi connectivity index (χ3v) is 3.67. The highest BCUT2D eigenvalue weighted by Crippen LogP contribution is 2.32. The molecule has 0 fully saturated rings. The number of thiophene rings is 1. The predicted molar refractivity (Wildman–Crippen MR) is 68.4 cm³/mol. The van der Waals surface area contributed by atoms with Crippen LogP contribution in [0.2, 0.25) is 0 Å². The zero-order chi connectivity index (χ0) is 11.6. The topological polar surface area (TPSA) is 29.3 Å². The van der Waals surface area contributed by atoms with Crippen molar-refractivity contribution < 1.29 is 0 Å². The number of aryl methyl sites for hydroxylation is 1. The highest BCUT2D eigenvalue weighted by Gasteiger charge is 2.24. The van der Waals surface area contributed by atoms with Gasteiger partial charge in [-0.3, -0.25) is 0 Å². The lowest BCUT2D eigenvalue weighted by Crippen LogP contribution is -2.37. The van der Waals surface area contributed by atoms with Crippen molar-refractivity contribution in [3.63, 3.8) is 0 Å². The molecule has 1 rings (SSSR count). The molecule has 0 radical (unpaired) electrons. The van der Waals surface area contributed by atoms with Crippen LogP contribution in [0, 0.1) is 6.92 Å². The molecule has 0 aliphatic carbocycles. The molecule has 0 amide bonds. The third kappa shape index (κ3) is 3.59. The average Bonchev–Trinajstić information content (AvgIpc) is 2.45. The lowest BCUT2D eigenvalue weighted by Gasteiger charge is -2.30. The van der Waals surface area contributed by atoms with Gasteiger partial charge >= 0.3 is 0 Å². The summed E-state index contributed by atoms with van der Waals surface area (Å²) in [5, 5.41) is 2.16. The first kappa shape index (κ1) is 12.7. The average molecular weight is 226 g/mol. The van der Waals surface area contributed by atoms with Crippen LogP contribution in [0.5, 0.6) is 0 Å². The number of nitrogens with zero attached hydrogens (tertiary/aromatic N) is 1. The van der Waals surface area contributed by atoms with E-state index in [-0.39, 0.29) is 5.54 Å². The van der Waals surface area contributed by atoms with Gasteiger partial charge in [-0.2, -0.15) is 0 Å². The van der Waals surface area contributed by atoms with Gasteiger partial charge in [-0.1, -0.05) is 0 Å². The number of nitrogens with two attached hydrogens (primary N) is 1. The van der Waals surface area contributed by atoms with Crippen molar-refractivity contribution in [2.24, 2.45) is 5.73 Å². The fourth-order valence-electron chi connectivity index (χ4n) is 1.73. The summed E-state index contributed by atoms with van der Waals surface area (Å²) < 4.78 is 0. The van der Waals surface area contributed by atoms with Gasteiger partial charge in [-0.15, -0.1) is 11.3 Å². The first-order valence-electron chi connectivity index (χ1n) is 5.30. The standard InChI is InChI=1S/C12H22N2S/c1-9-6-7-15-11(9)10(14(4)5)8-12(2,3)13/h6-7,10H,8,13H2,1-5H3. The molecule has 0 saturated carbocycles. The molecule has 0 aromatic carbocycles. The normalized spacial score (nSPS) is 14.6. The van der Waals surface area contributed by atoms with Gasteiger partial charge in [0.15, 0.2) is 0 Å². The third-order valence-electron chi connectivity index (χ3n) is 2.55. The van der Waals surface area contributed by atoms with Crippen molar-refractivity contribution in [1.29, 1.82) is 0 Å². The molecule has 1 atom stereocenters. The molecular weight excluding hydrogens is 204 g/mol. The van der Waals surface area contributed by atoms with Gasteiger partial charge in [0.05, 0.1) is 0 Å². The Balaban J connectivity index is 2.89. The summed E-state index contributed by atoms with van der Waals surface area (Å²) in [5.74, 6) is 0. The van der Waals surface area contributed by atoms with Gasteiger partial charge in [-0.25, -0.2) is 0 Å². The van der Waals surface area contributed by atoms with E-state index in [0.717, 1.165) is 6.42 Å². The van der Waals surface area contributed by atoms with E-state index in [1.165, 1.54) is 10.4 Å². The zero-order valence-electron chi connectivity index (χ0n) is 10.4. The van der Waals surface area contributed by atoms with Crippen LogP contribution < -0.4 is 5.73 Å². The Morgan fingerprint density at radius 2 is 2.07 bits per heavy atom. The molecule has 1 aromatic rings. The van der Waals surface area contributed by atoms with Crippen LogP contribution in [0.25, 0.3) is 0 Å². The van der Waals surface area contributed by atoms with E-state index < -0.39 is 0 Å². The van der Waals surface area contributed by atoms with E-state index in [0.29, 0.717) is 6.04 Å². The summed E-state index contributed by atoms with van der Waals surface area (Å²) in [6.45, 7) is 6.35. The van der Waals surface area contributed by atoms with Crippen molar-refractivity contribution in [1.82, 2.24) is 4.90 Å². The lowest BCUT2D eigenvalue weighted by atomic mass is 9.94. The van der Waals surface area contributed by atoms with E-state index in [2.05, 4.69) is 51.2 Å². The summed E-state index contributed by atoms with van der Waals surface area (Å²) in [4.78, 5) is 3.70. The maximum absolute atomic E-state index is 6.11. The van der Waals surface area contributed by atoms with Crippen LogP contribution in [-0.2, 0) is 0 Å². The summed E-state index contributed by atoms with van der Waals surface area (Å²) >= 11 is 1.83. The van der Waals surface area contributed by atoms with Gasteiger partial charge in [0.1, 0.15) is 0 Å². The van der Waals surface area contributed by atoms with Gasteiger partial charge in [0, 0.05) is 16.5 Å². The molecule has 1 heterocycles. The minimum Gasteiger partial charge on any atom is -0.325 e.